The molecule has 0 bridgehead atoms. The van der Waals surface area contributed by atoms with E-state index in [0.29, 0.717) is 33.4 Å². The van der Waals surface area contributed by atoms with Gasteiger partial charge in [-0.2, -0.15) is 0 Å². The van der Waals surface area contributed by atoms with E-state index in [-0.39, 0.29) is 16.6 Å². The van der Waals surface area contributed by atoms with E-state index in [0.717, 1.165) is 30.8 Å². The lowest BCUT2D eigenvalue weighted by atomic mass is 9.99. The zero-order valence-electron chi connectivity index (χ0n) is 17.8. The SMILES string of the molecule is Cc1c(Cl)cccc1N1C(=O)C(Cl)=C(Nc2ccc(C(=O)N3CCCC(C)C3)cc2)C1=O. The van der Waals surface area contributed by atoms with Crippen molar-refractivity contribution in [3.8, 4) is 0 Å². The Labute approximate surface area is 196 Å². The minimum atomic E-state index is -0.615. The predicted molar refractivity (Wildman–Crippen MR) is 126 cm³/mol. The number of likely N-dealkylation sites (tertiary alicyclic amines) is 1. The molecule has 4 rings (SSSR count). The molecule has 1 saturated heterocycles. The van der Waals surface area contributed by atoms with Crippen LogP contribution in [0.3, 0.4) is 0 Å². The van der Waals surface area contributed by atoms with Gasteiger partial charge < -0.3 is 10.2 Å². The Morgan fingerprint density at radius 3 is 2.47 bits per heavy atom. The van der Waals surface area contributed by atoms with Crippen molar-refractivity contribution in [2.24, 2.45) is 5.92 Å². The van der Waals surface area contributed by atoms with Crippen molar-refractivity contribution in [2.45, 2.75) is 26.7 Å². The smallest absolute Gasteiger partial charge is 0.283 e. The maximum Gasteiger partial charge on any atom is 0.283 e. The zero-order valence-corrected chi connectivity index (χ0v) is 19.3. The summed E-state index contributed by atoms with van der Waals surface area (Å²) in [7, 11) is 0. The summed E-state index contributed by atoms with van der Waals surface area (Å²) >= 11 is 12.4. The van der Waals surface area contributed by atoms with E-state index in [1.54, 1.807) is 49.4 Å². The largest absolute Gasteiger partial charge is 0.350 e. The zero-order chi connectivity index (χ0) is 23.0. The van der Waals surface area contributed by atoms with Crippen molar-refractivity contribution in [1.82, 2.24) is 4.90 Å². The van der Waals surface area contributed by atoms with Gasteiger partial charge in [0.1, 0.15) is 10.7 Å². The van der Waals surface area contributed by atoms with E-state index in [1.807, 2.05) is 4.90 Å². The quantitative estimate of drug-likeness (QED) is 0.639. The van der Waals surface area contributed by atoms with Crippen LogP contribution in [0.5, 0.6) is 0 Å². The number of rotatable bonds is 4. The summed E-state index contributed by atoms with van der Waals surface area (Å²) in [4.78, 5) is 41.4. The number of anilines is 2. The highest BCUT2D eigenvalue weighted by molar-refractivity contribution is 6.53. The highest BCUT2D eigenvalue weighted by Crippen LogP contribution is 2.34. The molecule has 0 saturated carbocycles. The summed E-state index contributed by atoms with van der Waals surface area (Å²) in [5.74, 6) is -0.682. The minimum Gasteiger partial charge on any atom is -0.350 e. The number of benzene rings is 2. The first-order valence-corrected chi connectivity index (χ1v) is 11.2. The van der Waals surface area contributed by atoms with Gasteiger partial charge in [-0.1, -0.05) is 36.2 Å². The van der Waals surface area contributed by atoms with Crippen molar-refractivity contribution < 1.29 is 14.4 Å². The molecule has 0 radical (unpaired) electrons. The summed E-state index contributed by atoms with van der Waals surface area (Å²) in [5.41, 5.74) is 2.11. The Morgan fingerprint density at radius 2 is 1.78 bits per heavy atom. The first-order valence-electron chi connectivity index (χ1n) is 10.5. The fourth-order valence-corrected chi connectivity index (χ4v) is 4.45. The molecular weight excluding hydrogens is 449 g/mol. The van der Waals surface area contributed by atoms with Gasteiger partial charge in [-0.25, -0.2) is 4.90 Å². The molecule has 8 heteroatoms. The first kappa shape index (κ1) is 22.4. The number of hydrogen-bond donors (Lipinski definition) is 1. The topological polar surface area (TPSA) is 69.7 Å². The van der Waals surface area contributed by atoms with E-state index < -0.39 is 11.8 Å². The summed E-state index contributed by atoms with van der Waals surface area (Å²) < 4.78 is 0. The van der Waals surface area contributed by atoms with E-state index in [9.17, 15) is 14.4 Å². The molecule has 2 aliphatic rings. The van der Waals surface area contributed by atoms with E-state index in [2.05, 4.69) is 12.2 Å². The summed E-state index contributed by atoms with van der Waals surface area (Å²) in [6.45, 7) is 5.41. The third-order valence-corrected chi connectivity index (χ3v) is 6.61. The minimum absolute atomic E-state index is 0.00456. The molecular formula is C24H23Cl2N3O3. The van der Waals surface area contributed by atoms with Crippen molar-refractivity contribution in [1.29, 1.82) is 0 Å². The summed E-state index contributed by atoms with van der Waals surface area (Å²) in [5, 5.41) is 3.19. The molecule has 2 aromatic rings. The number of carbonyl (C=O) groups excluding carboxylic acids is 3. The van der Waals surface area contributed by atoms with Crippen molar-refractivity contribution in [3.63, 3.8) is 0 Å². The standard InChI is InChI=1S/C24H23Cl2N3O3/c1-14-5-4-12-28(13-14)22(30)16-8-10-17(11-9-16)27-21-20(26)23(31)29(24(21)32)19-7-3-6-18(25)15(19)2/h3,6-11,14,27H,4-5,12-13H2,1-2H3. The van der Waals surface area contributed by atoms with Crippen LogP contribution in [0.4, 0.5) is 11.4 Å². The number of carbonyl (C=O) groups is 3. The maximum absolute atomic E-state index is 13.0. The molecule has 1 N–H and O–H groups in total. The molecule has 0 spiro atoms. The van der Waals surface area contributed by atoms with Crippen LogP contribution >= 0.6 is 23.2 Å². The molecule has 166 valence electrons. The number of nitrogens with zero attached hydrogens (tertiary/aromatic N) is 2. The molecule has 2 heterocycles. The van der Waals surface area contributed by atoms with Gasteiger partial charge in [-0.05, 0) is 67.6 Å². The predicted octanol–water partition coefficient (Wildman–Crippen LogP) is 4.96. The van der Waals surface area contributed by atoms with Crippen molar-refractivity contribution in [3.05, 3.63) is 69.3 Å². The second-order valence-corrected chi connectivity index (χ2v) is 9.00. The molecule has 6 nitrogen and oxygen atoms in total. The summed E-state index contributed by atoms with van der Waals surface area (Å²) in [6.07, 6.45) is 2.15. The lowest BCUT2D eigenvalue weighted by Gasteiger charge is -2.31. The second-order valence-electron chi connectivity index (χ2n) is 8.22. The molecule has 0 aliphatic carbocycles. The Hall–Kier alpha value is -2.83. The van der Waals surface area contributed by atoms with Crippen molar-refractivity contribution in [2.75, 3.05) is 23.3 Å². The number of piperidine rings is 1. The van der Waals surface area contributed by atoms with Crippen LogP contribution in [0.1, 0.15) is 35.7 Å². The van der Waals surface area contributed by atoms with E-state index in [1.165, 1.54) is 0 Å². The van der Waals surface area contributed by atoms with Gasteiger partial charge in [0.05, 0.1) is 5.69 Å². The van der Waals surface area contributed by atoms with Gasteiger partial charge in [0, 0.05) is 29.4 Å². The van der Waals surface area contributed by atoms with Crippen LogP contribution in [0.15, 0.2) is 53.2 Å². The number of amides is 3. The Balaban J connectivity index is 1.51. The fourth-order valence-electron chi connectivity index (χ4n) is 4.07. The average Bonchev–Trinajstić information content (AvgIpc) is 2.99. The van der Waals surface area contributed by atoms with Crippen LogP contribution in [-0.2, 0) is 9.59 Å². The average molecular weight is 472 g/mol. The van der Waals surface area contributed by atoms with Crippen LogP contribution < -0.4 is 10.2 Å². The third-order valence-electron chi connectivity index (χ3n) is 5.85. The van der Waals surface area contributed by atoms with Crippen LogP contribution in [0.2, 0.25) is 5.02 Å². The molecule has 2 aromatic carbocycles. The Bertz CT molecular complexity index is 1130. The molecule has 1 atom stereocenters. The highest BCUT2D eigenvalue weighted by atomic mass is 35.5. The Morgan fingerprint density at radius 1 is 1.06 bits per heavy atom. The van der Waals surface area contributed by atoms with Crippen LogP contribution in [0, 0.1) is 12.8 Å². The second kappa shape index (κ2) is 8.96. The van der Waals surface area contributed by atoms with E-state index in [4.69, 9.17) is 23.2 Å². The lowest BCUT2D eigenvalue weighted by molar-refractivity contribution is -0.120. The molecule has 2 aliphatic heterocycles. The Kier molecular flexibility index (Phi) is 6.26. The van der Waals surface area contributed by atoms with Crippen LogP contribution in [-0.4, -0.2) is 35.7 Å². The number of halogens is 2. The third kappa shape index (κ3) is 4.12. The number of nitrogens with one attached hydrogen (secondary N) is 1. The van der Waals surface area contributed by atoms with Gasteiger partial charge in [-0.15, -0.1) is 0 Å². The van der Waals surface area contributed by atoms with Crippen molar-refractivity contribution >= 4 is 52.3 Å². The fraction of sp³-hybridized carbons (Fsp3) is 0.292. The lowest BCUT2D eigenvalue weighted by Crippen LogP contribution is -2.39. The molecule has 1 fully saturated rings. The van der Waals surface area contributed by atoms with Gasteiger partial charge in [0.15, 0.2) is 0 Å². The normalized spacial score (nSPS) is 19.1. The van der Waals surface area contributed by atoms with Crippen LogP contribution in [0.25, 0.3) is 0 Å². The molecule has 1 unspecified atom stereocenters. The number of imide groups is 1. The maximum atomic E-state index is 13.0. The first-order chi connectivity index (χ1) is 15.3. The van der Waals surface area contributed by atoms with Gasteiger partial charge in [0.2, 0.25) is 0 Å². The van der Waals surface area contributed by atoms with E-state index >= 15 is 0 Å². The molecule has 3 amide bonds. The monoisotopic (exact) mass is 471 g/mol. The highest BCUT2D eigenvalue weighted by Gasteiger charge is 2.39. The molecule has 32 heavy (non-hydrogen) atoms. The number of hydrogen-bond acceptors (Lipinski definition) is 4. The van der Waals surface area contributed by atoms with Gasteiger partial charge in [-0.3, -0.25) is 14.4 Å². The van der Waals surface area contributed by atoms with Gasteiger partial charge >= 0.3 is 0 Å². The summed E-state index contributed by atoms with van der Waals surface area (Å²) in [6, 6.07) is 11.8. The molecule has 0 aromatic heterocycles. The van der Waals surface area contributed by atoms with Gasteiger partial charge in [0.25, 0.3) is 17.7 Å².